The Morgan fingerprint density at radius 2 is 2.25 bits per heavy atom. The lowest BCUT2D eigenvalue weighted by atomic mass is 10.2. The van der Waals surface area contributed by atoms with Gasteiger partial charge in [0.1, 0.15) is 5.75 Å². The summed E-state index contributed by atoms with van der Waals surface area (Å²) in [5, 5.41) is 3.88. The third kappa shape index (κ3) is 3.36. The van der Waals surface area contributed by atoms with E-state index >= 15 is 0 Å². The second kappa shape index (κ2) is 6.83. The monoisotopic (exact) mass is 341 g/mol. The second-order valence-corrected chi connectivity index (χ2v) is 4.93. The van der Waals surface area contributed by atoms with Gasteiger partial charge < -0.3 is 19.7 Å². The van der Waals surface area contributed by atoms with Gasteiger partial charge in [0, 0.05) is 12.2 Å². The lowest BCUT2D eigenvalue weighted by Crippen LogP contribution is -2.18. The van der Waals surface area contributed by atoms with Crippen LogP contribution in [-0.4, -0.2) is 30.5 Å². The minimum atomic E-state index is -0.394. The maximum Gasteiger partial charge on any atom is 0.258 e. The van der Waals surface area contributed by atoms with Crippen LogP contribution >= 0.6 is 15.9 Å². The molecule has 0 saturated carbocycles. The molecule has 1 aromatic heterocycles. The summed E-state index contributed by atoms with van der Waals surface area (Å²) in [6, 6.07) is 5.12. The molecule has 0 fully saturated rings. The van der Waals surface area contributed by atoms with Crippen LogP contribution in [0.4, 0.5) is 0 Å². The van der Waals surface area contributed by atoms with Crippen LogP contribution in [0.3, 0.4) is 0 Å². The van der Waals surface area contributed by atoms with Gasteiger partial charge in [-0.3, -0.25) is 0 Å². The van der Waals surface area contributed by atoms with Crippen molar-refractivity contribution >= 4 is 15.9 Å². The van der Waals surface area contributed by atoms with E-state index in [0.717, 1.165) is 15.8 Å². The molecule has 1 heterocycles. The van der Waals surface area contributed by atoms with Crippen molar-refractivity contribution in [3.05, 3.63) is 28.5 Å². The first-order valence-corrected chi connectivity index (χ1v) is 6.95. The SMILES string of the molecule is CCOCC(N)c1noc(-c2ccc(OC)c(Br)c2)n1. The van der Waals surface area contributed by atoms with Crippen molar-refractivity contribution < 1.29 is 14.0 Å². The molecule has 0 aliphatic carbocycles. The van der Waals surface area contributed by atoms with Crippen LogP contribution in [0.2, 0.25) is 0 Å². The number of hydrogen-bond acceptors (Lipinski definition) is 6. The molecule has 2 rings (SSSR count). The maximum absolute atomic E-state index is 5.91. The summed E-state index contributed by atoms with van der Waals surface area (Å²) < 4.78 is 16.5. The van der Waals surface area contributed by atoms with E-state index in [-0.39, 0.29) is 0 Å². The molecule has 1 unspecified atom stereocenters. The Bertz CT molecular complexity index is 574. The first kappa shape index (κ1) is 15.0. The van der Waals surface area contributed by atoms with Crippen molar-refractivity contribution in [2.24, 2.45) is 5.73 Å². The van der Waals surface area contributed by atoms with Gasteiger partial charge in [0.2, 0.25) is 0 Å². The largest absolute Gasteiger partial charge is 0.496 e. The fraction of sp³-hybridized carbons (Fsp3) is 0.385. The Labute approximate surface area is 125 Å². The molecule has 0 bridgehead atoms. The number of nitrogens with zero attached hydrogens (tertiary/aromatic N) is 2. The summed E-state index contributed by atoms with van der Waals surface area (Å²) in [5.41, 5.74) is 6.70. The van der Waals surface area contributed by atoms with E-state index in [9.17, 15) is 0 Å². The highest BCUT2D eigenvalue weighted by atomic mass is 79.9. The predicted octanol–water partition coefficient (Wildman–Crippen LogP) is 2.54. The Hall–Kier alpha value is -1.44. The maximum atomic E-state index is 5.91. The molecule has 0 aliphatic heterocycles. The molecular weight excluding hydrogens is 326 g/mol. The minimum Gasteiger partial charge on any atom is -0.496 e. The number of ether oxygens (including phenoxy) is 2. The van der Waals surface area contributed by atoms with Gasteiger partial charge in [0.15, 0.2) is 5.82 Å². The van der Waals surface area contributed by atoms with E-state index in [4.69, 9.17) is 19.7 Å². The zero-order valence-corrected chi connectivity index (χ0v) is 12.9. The Morgan fingerprint density at radius 3 is 2.90 bits per heavy atom. The average Bonchev–Trinajstić information content (AvgIpc) is 2.94. The van der Waals surface area contributed by atoms with E-state index in [2.05, 4.69) is 26.1 Å². The molecule has 1 atom stereocenters. The number of methoxy groups -OCH3 is 1. The summed E-state index contributed by atoms with van der Waals surface area (Å²) in [5.74, 6) is 1.58. The van der Waals surface area contributed by atoms with Crippen LogP contribution in [0.15, 0.2) is 27.2 Å². The average molecular weight is 342 g/mol. The molecule has 2 N–H and O–H groups in total. The molecular formula is C13H16BrN3O3. The molecule has 0 saturated heterocycles. The zero-order valence-electron chi connectivity index (χ0n) is 11.3. The second-order valence-electron chi connectivity index (χ2n) is 4.07. The van der Waals surface area contributed by atoms with Crippen LogP contribution < -0.4 is 10.5 Å². The minimum absolute atomic E-state index is 0.363. The van der Waals surface area contributed by atoms with Gasteiger partial charge in [-0.1, -0.05) is 5.16 Å². The molecule has 1 aromatic carbocycles. The highest BCUT2D eigenvalue weighted by Gasteiger charge is 2.16. The lowest BCUT2D eigenvalue weighted by molar-refractivity contribution is 0.130. The molecule has 0 aliphatic rings. The molecule has 2 aromatic rings. The topological polar surface area (TPSA) is 83.4 Å². The molecule has 0 spiro atoms. The predicted molar refractivity (Wildman–Crippen MR) is 77.4 cm³/mol. The van der Waals surface area contributed by atoms with E-state index in [1.165, 1.54) is 0 Å². The first-order valence-electron chi connectivity index (χ1n) is 6.16. The third-order valence-corrected chi connectivity index (χ3v) is 3.29. The normalized spacial score (nSPS) is 12.4. The van der Waals surface area contributed by atoms with Crippen molar-refractivity contribution in [1.29, 1.82) is 0 Å². The molecule has 20 heavy (non-hydrogen) atoms. The fourth-order valence-electron chi connectivity index (χ4n) is 1.62. The number of hydrogen-bond donors (Lipinski definition) is 1. The highest BCUT2D eigenvalue weighted by Crippen LogP contribution is 2.30. The Kier molecular flexibility index (Phi) is 5.11. The zero-order chi connectivity index (χ0) is 14.5. The van der Waals surface area contributed by atoms with Crippen molar-refractivity contribution in [3.63, 3.8) is 0 Å². The van der Waals surface area contributed by atoms with Crippen molar-refractivity contribution in [1.82, 2.24) is 10.1 Å². The quantitative estimate of drug-likeness (QED) is 0.869. The van der Waals surface area contributed by atoms with Gasteiger partial charge in [-0.2, -0.15) is 4.98 Å². The van der Waals surface area contributed by atoms with Crippen LogP contribution in [0, 0.1) is 0 Å². The molecule has 0 amide bonds. The number of benzene rings is 1. The van der Waals surface area contributed by atoms with Gasteiger partial charge in [0.05, 0.1) is 24.2 Å². The van der Waals surface area contributed by atoms with Gasteiger partial charge in [0.25, 0.3) is 5.89 Å². The van der Waals surface area contributed by atoms with E-state index < -0.39 is 6.04 Å². The number of halogens is 1. The van der Waals surface area contributed by atoms with E-state index in [1.807, 2.05) is 25.1 Å². The Morgan fingerprint density at radius 1 is 1.45 bits per heavy atom. The summed E-state index contributed by atoms with van der Waals surface area (Å²) >= 11 is 3.41. The smallest absolute Gasteiger partial charge is 0.258 e. The van der Waals surface area contributed by atoms with Crippen LogP contribution in [0.5, 0.6) is 5.75 Å². The van der Waals surface area contributed by atoms with Gasteiger partial charge >= 0.3 is 0 Å². The molecule has 108 valence electrons. The molecule has 7 heteroatoms. The molecule has 6 nitrogen and oxygen atoms in total. The standard InChI is InChI=1S/C13H16BrN3O3/c1-3-19-7-10(15)12-16-13(20-17-12)8-4-5-11(18-2)9(14)6-8/h4-6,10H,3,7,15H2,1-2H3. The van der Waals surface area contributed by atoms with Gasteiger partial charge in [-0.05, 0) is 41.1 Å². The first-order chi connectivity index (χ1) is 9.65. The molecule has 0 radical (unpaired) electrons. The summed E-state index contributed by atoms with van der Waals surface area (Å²) in [4.78, 5) is 4.29. The third-order valence-electron chi connectivity index (χ3n) is 2.67. The van der Waals surface area contributed by atoms with E-state index in [0.29, 0.717) is 24.9 Å². The summed E-state index contributed by atoms with van der Waals surface area (Å²) in [6.45, 7) is 2.87. The summed E-state index contributed by atoms with van der Waals surface area (Å²) in [6.07, 6.45) is 0. The van der Waals surface area contributed by atoms with Crippen LogP contribution in [0.25, 0.3) is 11.5 Å². The van der Waals surface area contributed by atoms with Crippen molar-refractivity contribution in [2.45, 2.75) is 13.0 Å². The van der Waals surface area contributed by atoms with Crippen LogP contribution in [-0.2, 0) is 4.74 Å². The van der Waals surface area contributed by atoms with E-state index in [1.54, 1.807) is 7.11 Å². The fourth-order valence-corrected chi connectivity index (χ4v) is 2.16. The Balaban J connectivity index is 2.18. The van der Waals surface area contributed by atoms with Gasteiger partial charge in [-0.25, -0.2) is 0 Å². The number of rotatable bonds is 6. The van der Waals surface area contributed by atoms with Crippen molar-refractivity contribution in [3.8, 4) is 17.2 Å². The van der Waals surface area contributed by atoms with Gasteiger partial charge in [-0.15, -0.1) is 0 Å². The highest BCUT2D eigenvalue weighted by molar-refractivity contribution is 9.10. The summed E-state index contributed by atoms with van der Waals surface area (Å²) in [7, 11) is 1.61. The number of nitrogens with two attached hydrogens (primary N) is 1. The number of aromatic nitrogens is 2. The lowest BCUT2D eigenvalue weighted by Gasteiger charge is -2.05. The van der Waals surface area contributed by atoms with Crippen LogP contribution in [0.1, 0.15) is 18.8 Å². The van der Waals surface area contributed by atoms with Crippen molar-refractivity contribution in [2.75, 3.05) is 20.3 Å².